The van der Waals surface area contributed by atoms with Crippen LogP contribution in [0, 0.1) is 5.82 Å². The van der Waals surface area contributed by atoms with Crippen LogP contribution in [0.15, 0.2) is 18.2 Å². The van der Waals surface area contributed by atoms with Crippen molar-refractivity contribution in [3.63, 3.8) is 0 Å². The molecule has 0 amide bonds. The van der Waals surface area contributed by atoms with Gasteiger partial charge in [0.1, 0.15) is 11.9 Å². The van der Waals surface area contributed by atoms with Gasteiger partial charge in [-0.3, -0.25) is 5.84 Å². The first kappa shape index (κ1) is 13.6. The van der Waals surface area contributed by atoms with E-state index in [1.54, 1.807) is 0 Å². The fourth-order valence-electron chi connectivity index (χ4n) is 1.19. The lowest BCUT2D eigenvalue weighted by molar-refractivity contribution is 0.0500. The molecule has 0 bridgehead atoms. The van der Waals surface area contributed by atoms with Crippen LogP contribution in [0.1, 0.15) is 5.56 Å². The van der Waals surface area contributed by atoms with E-state index < -0.39 is 17.2 Å². The predicted octanol–water partition coefficient (Wildman–Crippen LogP) is 2.69. The molecule has 0 saturated carbocycles. The average Bonchev–Trinajstić information content (AvgIpc) is 2.17. The molecule has 1 atom stereocenters. The van der Waals surface area contributed by atoms with Gasteiger partial charge in [-0.25, -0.2) is 9.82 Å². The highest BCUT2D eigenvalue weighted by molar-refractivity contribution is 6.30. The number of nitrogens with one attached hydrogen (secondary N) is 1. The molecule has 0 aliphatic carbocycles. The summed E-state index contributed by atoms with van der Waals surface area (Å²) in [4.78, 5) is 0. The summed E-state index contributed by atoms with van der Waals surface area (Å²) in [7, 11) is 0. The molecule has 16 heavy (non-hydrogen) atoms. The van der Waals surface area contributed by atoms with Crippen LogP contribution in [0.4, 0.5) is 13.2 Å². The van der Waals surface area contributed by atoms with E-state index in [9.17, 15) is 13.2 Å². The smallest absolute Gasteiger partial charge is 0.271 e. The number of alkyl halides is 3. The molecule has 3 N–H and O–H groups in total. The molecule has 7 heteroatoms. The summed E-state index contributed by atoms with van der Waals surface area (Å²) >= 11 is 10.4. The van der Waals surface area contributed by atoms with Gasteiger partial charge in [0.25, 0.3) is 0 Å². The van der Waals surface area contributed by atoms with Gasteiger partial charge in [-0.2, -0.15) is 8.78 Å². The van der Waals surface area contributed by atoms with E-state index in [1.807, 2.05) is 5.43 Å². The summed E-state index contributed by atoms with van der Waals surface area (Å²) in [6.45, 7) is 0. The molecule has 2 nitrogen and oxygen atoms in total. The van der Waals surface area contributed by atoms with Crippen molar-refractivity contribution in [2.75, 3.05) is 0 Å². The second-order valence-electron chi connectivity index (χ2n) is 3.20. The monoisotopic (exact) mass is 272 g/mol. The van der Waals surface area contributed by atoms with Gasteiger partial charge in [0.15, 0.2) is 0 Å². The maximum Gasteiger partial charge on any atom is 0.338 e. The van der Waals surface area contributed by atoms with Gasteiger partial charge in [0.05, 0.1) is 0 Å². The molecule has 1 unspecified atom stereocenters. The molecule has 0 radical (unpaired) electrons. The van der Waals surface area contributed by atoms with Crippen LogP contribution in [-0.4, -0.2) is 11.4 Å². The largest absolute Gasteiger partial charge is 0.338 e. The topological polar surface area (TPSA) is 38.0 Å². The molecular formula is C9H9Cl2F3N2. The molecule has 1 rings (SSSR count). The first-order valence-corrected chi connectivity index (χ1v) is 5.07. The Balaban J connectivity index is 2.90. The SMILES string of the molecule is NNC(Cc1cc(Cl)ccc1F)C(F)(F)Cl. The van der Waals surface area contributed by atoms with Crippen molar-refractivity contribution in [3.05, 3.63) is 34.6 Å². The van der Waals surface area contributed by atoms with Gasteiger partial charge in [-0.15, -0.1) is 0 Å². The third-order valence-electron chi connectivity index (χ3n) is 2.03. The van der Waals surface area contributed by atoms with Gasteiger partial charge >= 0.3 is 5.38 Å². The Morgan fingerprint density at radius 2 is 2.06 bits per heavy atom. The Morgan fingerprint density at radius 3 is 2.56 bits per heavy atom. The van der Waals surface area contributed by atoms with Crippen molar-refractivity contribution in [1.29, 1.82) is 0 Å². The van der Waals surface area contributed by atoms with E-state index in [4.69, 9.17) is 29.0 Å². The first-order valence-electron chi connectivity index (χ1n) is 4.31. The fourth-order valence-corrected chi connectivity index (χ4v) is 1.52. The molecule has 0 aliphatic heterocycles. The van der Waals surface area contributed by atoms with Crippen LogP contribution in [0.2, 0.25) is 5.02 Å². The summed E-state index contributed by atoms with van der Waals surface area (Å²) in [5.41, 5.74) is 1.87. The van der Waals surface area contributed by atoms with Gasteiger partial charge in [0.2, 0.25) is 0 Å². The molecule has 90 valence electrons. The normalized spacial score (nSPS) is 13.9. The number of hydrogen-bond acceptors (Lipinski definition) is 2. The lowest BCUT2D eigenvalue weighted by Gasteiger charge is -2.20. The molecular weight excluding hydrogens is 264 g/mol. The van der Waals surface area contributed by atoms with E-state index >= 15 is 0 Å². The first-order chi connectivity index (χ1) is 7.34. The number of hydrazine groups is 1. The number of benzene rings is 1. The van der Waals surface area contributed by atoms with Crippen molar-refractivity contribution >= 4 is 23.2 Å². The quantitative estimate of drug-likeness (QED) is 0.503. The summed E-state index contributed by atoms with van der Waals surface area (Å²) in [6, 6.07) is 2.10. The molecule has 0 heterocycles. The molecule has 1 aromatic carbocycles. The van der Waals surface area contributed by atoms with Crippen LogP contribution in [0.25, 0.3) is 0 Å². The highest BCUT2D eigenvalue weighted by Crippen LogP contribution is 2.27. The highest BCUT2D eigenvalue weighted by Gasteiger charge is 2.36. The third-order valence-corrected chi connectivity index (χ3v) is 2.53. The van der Waals surface area contributed by atoms with Gasteiger partial charge in [-0.1, -0.05) is 11.6 Å². The van der Waals surface area contributed by atoms with Crippen LogP contribution < -0.4 is 11.3 Å². The van der Waals surface area contributed by atoms with E-state index in [2.05, 4.69) is 0 Å². The van der Waals surface area contributed by atoms with Gasteiger partial charge < -0.3 is 0 Å². The Kier molecular flexibility index (Phi) is 4.43. The second-order valence-corrected chi connectivity index (χ2v) is 4.14. The highest BCUT2D eigenvalue weighted by atomic mass is 35.5. The molecule has 0 aliphatic rings. The minimum Gasteiger partial charge on any atom is -0.271 e. The van der Waals surface area contributed by atoms with Crippen molar-refractivity contribution in [1.82, 2.24) is 5.43 Å². The summed E-state index contributed by atoms with van der Waals surface area (Å²) in [6.07, 6.45) is -0.362. The van der Waals surface area contributed by atoms with Crippen molar-refractivity contribution in [2.45, 2.75) is 17.8 Å². The maximum atomic E-state index is 13.2. The minimum absolute atomic E-state index is 0.0239. The van der Waals surface area contributed by atoms with E-state index in [-0.39, 0.29) is 17.0 Å². The van der Waals surface area contributed by atoms with Gasteiger partial charge in [0, 0.05) is 5.02 Å². The fraction of sp³-hybridized carbons (Fsp3) is 0.333. The van der Waals surface area contributed by atoms with E-state index in [0.29, 0.717) is 0 Å². The number of nitrogens with two attached hydrogens (primary N) is 1. The number of hydrogen-bond donors (Lipinski definition) is 2. The standard InChI is InChI=1S/C9H9Cl2F3N2/c10-6-1-2-7(12)5(3-6)4-8(16-15)9(11,13)14/h1-3,8,16H,4,15H2. The Morgan fingerprint density at radius 1 is 1.44 bits per heavy atom. The molecule has 1 aromatic rings. The molecule has 0 fully saturated rings. The minimum atomic E-state index is -3.57. The summed E-state index contributed by atoms with van der Waals surface area (Å²) in [5, 5.41) is -3.31. The van der Waals surface area contributed by atoms with Crippen LogP contribution in [0.5, 0.6) is 0 Å². The Bertz CT molecular complexity index is 368. The van der Waals surface area contributed by atoms with Crippen LogP contribution >= 0.6 is 23.2 Å². The Labute approximate surface area is 100 Å². The van der Waals surface area contributed by atoms with Crippen molar-refractivity contribution in [2.24, 2.45) is 5.84 Å². The van der Waals surface area contributed by atoms with Crippen molar-refractivity contribution in [3.8, 4) is 0 Å². The lowest BCUT2D eigenvalue weighted by atomic mass is 10.1. The summed E-state index contributed by atoms with van der Waals surface area (Å²) in [5.74, 6) is 4.29. The molecule has 0 saturated heterocycles. The van der Waals surface area contributed by atoms with Crippen LogP contribution in [0.3, 0.4) is 0 Å². The third kappa shape index (κ3) is 3.52. The molecule has 0 aromatic heterocycles. The summed E-state index contributed by atoms with van der Waals surface area (Å²) < 4.78 is 38.8. The number of rotatable bonds is 4. The van der Waals surface area contributed by atoms with Gasteiger partial charge in [-0.05, 0) is 41.8 Å². The molecule has 0 spiro atoms. The van der Waals surface area contributed by atoms with Crippen LogP contribution in [-0.2, 0) is 6.42 Å². The maximum absolute atomic E-state index is 13.2. The number of halogens is 5. The predicted molar refractivity (Wildman–Crippen MR) is 57.0 cm³/mol. The zero-order chi connectivity index (χ0) is 12.3. The van der Waals surface area contributed by atoms with E-state index in [1.165, 1.54) is 12.1 Å². The zero-order valence-corrected chi connectivity index (χ0v) is 9.50. The lowest BCUT2D eigenvalue weighted by Crippen LogP contribution is -2.47. The van der Waals surface area contributed by atoms with E-state index in [0.717, 1.165) is 6.07 Å². The zero-order valence-electron chi connectivity index (χ0n) is 7.98. The Hall–Kier alpha value is -0.490. The second kappa shape index (κ2) is 5.23. The van der Waals surface area contributed by atoms with Crippen molar-refractivity contribution < 1.29 is 13.2 Å². The average molecular weight is 273 g/mol.